The number of esters is 1. The maximum Gasteiger partial charge on any atom is 0.326 e. The molecule has 1 aromatic carbocycles. The van der Waals surface area contributed by atoms with Gasteiger partial charge in [-0.25, -0.2) is 0 Å². The minimum absolute atomic E-state index is 0.225. The number of ether oxygens (including phenoxy) is 3. The van der Waals surface area contributed by atoms with Crippen molar-refractivity contribution in [3.63, 3.8) is 0 Å². The Labute approximate surface area is 112 Å². The Morgan fingerprint density at radius 1 is 1.32 bits per heavy atom. The zero-order valence-corrected chi connectivity index (χ0v) is 11.1. The number of methoxy groups -OCH3 is 1. The molecule has 0 aliphatic carbocycles. The van der Waals surface area contributed by atoms with Crippen molar-refractivity contribution >= 4 is 5.97 Å². The summed E-state index contributed by atoms with van der Waals surface area (Å²) in [4.78, 5) is 12.0. The normalized spacial score (nSPS) is 17.8. The molecule has 1 saturated heterocycles. The molecule has 0 atom stereocenters. The first-order valence-corrected chi connectivity index (χ1v) is 6.31. The van der Waals surface area contributed by atoms with Crippen LogP contribution in [0.4, 0.5) is 0 Å². The van der Waals surface area contributed by atoms with Crippen molar-refractivity contribution in [1.82, 2.24) is 0 Å². The van der Waals surface area contributed by atoms with Crippen molar-refractivity contribution in [3.8, 4) is 5.75 Å². The molecular formula is C14H19NO4. The lowest BCUT2D eigenvalue weighted by Gasteiger charge is -2.30. The van der Waals surface area contributed by atoms with Crippen LogP contribution in [-0.2, 0) is 20.9 Å². The van der Waals surface area contributed by atoms with Crippen LogP contribution in [0, 0.1) is 0 Å². The van der Waals surface area contributed by atoms with Gasteiger partial charge in [-0.3, -0.25) is 4.79 Å². The molecule has 0 saturated carbocycles. The average Bonchev–Trinajstić information content (AvgIpc) is 2.46. The molecule has 5 heteroatoms. The molecule has 1 aliphatic rings. The first kappa shape index (κ1) is 13.8. The molecule has 0 unspecified atom stereocenters. The van der Waals surface area contributed by atoms with Gasteiger partial charge >= 0.3 is 5.97 Å². The van der Waals surface area contributed by atoms with E-state index in [1.54, 1.807) is 7.11 Å². The second kappa shape index (κ2) is 6.04. The van der Waals surface area contributed by atoms with Gasteiger partial charge in [-0.1, -0.05) is 12.1 Å². The van der Waals surface area contributed by atoms with Gasteiger partial charge in [0.15, 0.2) is 0 Å². The van der Waals surface area contributed by atoms with Crippen molar-refractivity contribution in [2.75, 3.05) is 20.3 Å². The van der Waals surface area contributed by atoms with Gasteiger partial charge in [-0.2, -0.15) is 0 Å². The Kier molecular flexibility index (Phi) is 4.39. The standard InChI is InChI=1S/C14H19NO4/c1-17-12-4-2-11(3-5-12)10-19-13(16)14(15)6-8-18-9-7-14/h2-5H,6-10,15H2,1H3. The molecule has 19 heavy (non-hydrogen) atoms. The van der Waals surface area contributed by atoms with Gasteiger partial charge in [0.25, 0.3) is 0 Å². The van der Waals surface area contributed by atoms with Crippen molar-refractivity contribution < 1.29 is 19.0 Å². The summed E-state index contributed by atoms with van der Waals surface area (Å²) in [6.45, 7) is 1.24. The third-order valence-electron chi connectivity index (χ3n) is 3.32. The molecule has 2 N–H and O–H groups in total. The third kappa shape index (κ3) is 3.45. The number of rotatable bonds is 4. The zero-order valence-electron chi connectivity index (χ0n) is 11.1. The van der Waals surface area contributed by atoms with Gasteiger partial charge in [0.05, 0.1) is 7.11 Å². The first-order valence-electron chi connectivity index (χ1n) is 6.31. The van der Waals surface area contributed by atoms with Crippen LogP contribution in [0.3, 0.4) is 0 Å². The Balaban J connectivity index is 1.88. The van der Waals surface area contributed by atoms with E-state index in [9.17, 15) is 4.79 Å². The lowest BCUT2D eigenvalue weighted by molar-refractivity contribution is -0.155. The van der Waals surface area contributed by atoms with E-state index < -0.39 is 5.54 Å². The van der Waals surface area contributed by atoms with Gasteiger partial charge in [0.1, 0.15) is 17.9 Å². The molecular weight excluding hydrogens is 246 g/mol. The fourth-order valence-electron chi connectivity index (χ4n) is 1.95. The lowest BCUT2D eigenvalue weighted by Crippen LogP contribution is -2.52. The second-order valence-corrected chi connectivity index (χ2v) is 4.69. The molecule has 0 bridgehead atoms. The maximum atomic E-state index is 12.0. The van der Waals surface area contributed by atoms with E-state index in [0.717, 1.165) is 11.3 Å². The molecule has 1 aliphatic heterocycles. The smallest absolute Gasteiger partial charge is 0.326 e. The van der Waals surface area contributed by atoms with Crippen molar-refractivity contribution in [1.29, 1.82) is 0 Å². The summed E-state index contributed by atoms with van der Waals surface area (Å²) in [6.07, 6.45) is 1.02. The highest BCUT2D eigenvalue weighted by Crippen LogP contribution is 2.20. The topological polar surface area (TPSA) is 70.8 Å². The molecule has 1 aromatic rings. The van der Waals surface area contributed by atoms with Crippen molar-refractivity contribution in [2.24, 2.45) is 5.73 Å². The van der Waals surface area contributed by atoms with E-state index in [2.05, 4.69) is 0 Å². The Bertz CT molecular complexity index is 424. The second-order valence-electron chi connectivity index (χ2n) is 4.69. The van der Waals surface area contributed by atoms with E-state index in [0.29, 0.717) is 26.1 Å². The quantitative estimate of drug-likeness (QED) is 0.829. The number of carbonyl (C=O) groups is 1. The molecule has 2 rings (SSSR count). The first-order chi connectivity index (χ1) is 9.14. The summed E-state index contributed by atoms with van der Waals surface area (Å²) < 4.78 is 15.5. The summed E-state index contributed by atoms with van der Waals surface area (Å²) in [5, 5.41) is 0. The molecule has 5 nitrogen and oxygen atoms in total. The minimum atomic E-state index is -0.898. The van der Waals surface area contributed by atoms with Gasteiger partial charge in [0.2, 0.25) is 0 Å². The summed E-state index contributed by atoms with van der Waals surface area (Å²) in [7, 11) is 1.61. The summed E-state index contributed by atoms with van der Waals surface area (Å²) in [5.74, 6) is 0.418. The van der Waals surface area contributed by atoms with E-state index in [1.165, 1.54) is 0 Å². The summed E-state index contributed by atoms with van der Waals surface area (Å²) in [5.41, 5.74) is 6.05. The zero-order chi connectivity index (χ0) is 13.7. The van der Waals surface area contributed by atoms with Crippen LogP contribution in [-0.4, -0.2) is 31.8 Å². The van der Waals surface area contributed by atoms with Gasteiger partial charge in [0, 0.05) is 13.2 Å². The minimum Gasteiger partial charge on any atom is -0.497 e. The summed E-state index contributed by atoms with van der Waals surface area (Å²) in [6, 6.07) is 7.38. The largest absolute Gasteiger partial charge is 0.497 e. The highest BCUT2D eigenvalue weighted by molar-refractivity contribution is 5.80. The van der Waals surface area contributed by atoms with E-state index in [-0.39, 0.29) is 12.6 Å². The number of hydrogen-bond acceptors (Lipinski definition) is 5. The van der Waals surface area contributed by atoms with Crippen molar-refractivity contribution in [3.05, 3.63) is 29.8 Å². The fourth-order valence-corrected chi connectivity index (χ4v) is 1.95. The highest BCUT2D eigenvalue weighted by Gasteiger charge is 2.37. The molecule has 1 heterocycles. The lowest BCUT2D eigenvalue weighted by atomic mass is 9.92. The number of carbonyl (C=O) groups excluding carboxylic acids is 1. The van der Waals surface area contributed by atoms with Gasteiger partial charge < -0.3 is 19.9 Å². The molecule has 104 valence electrons. The number of benzene rings is 1. The predicted molar refractivity (Wildman–Crippen MR) is 69.8 cm³/mol. The van der Waals surface area contributed by atoms with E-state index in [4.69, 9.17) is 19.9 Å². The Hall–Kier alpha value is -1.59. The van der Waals surface area contributed by atoms with Crippen molar-refractivity contribution in [2.45, 2.75) is 25.0 Å². The average molecular weight is 265 g/mol. The number of nitrogens with two attached hydrogens (primary N) is 1. The predicted octanol–water partition coefficient (Wildman–Crippen LogP) is 1.25. The Morgan fingerprint density at radius 3 is 2.53 bits per heavy atom. The molecule has 0 aromatic heterocycles. The van der Waals surface area contributed by atoms with E-state index in [1.807, 2.05) is 24.3 Å². The molecule has 0 radical (unpaired) electrons. The van der Waals surface area contributed by atoms with Crippen LogP contribution in [0.1, 0.15) is 18.4 Å². The monoisotopic (exact) mass is 265 g/mol. The SMILES string of the molecule is COc1ccc(COC(=O)C2(N)CCOCC2)cc1. The molecule has 1 fully saturated rings. The van der Waals surface area contributed by atoms with Crippen LogP contribution in [0.15, 0.2) is 24.3 Å². The maximum absolute atomic E-state index is 12.0. The van der Waals surface area contributed by atoms with Gasteiger partial charge in [-0.15, -0.1) is 0 Å². The molecule has 0 amide bonds. The highest BCUT2D eigenvalue weighted by atomic mass is 16.5. The van der Waals surface area contributed by atoms with Crippen LogP contribution >= 0.6 is 0 Å². The van der Waals surface area contributed by atoms with Crippen LogP contribution in [0.5, 0.6) is 5.75 Å². The van der Waals surface area contributed by atoms with Gasteiger partial charge in [-0.05, 0) is 30.5 Å². The van der Waals surface area contributed by atoms with Crippen LogP contribution in [0.25, 0.3) is 0 Å². The fraction of sp³-hybridized carbons (Fsp3) is 0.500. The summed E-state index contributed by atoms with van der Waals surface area (Å²) >= 11 is 0. The third-order valence-corrected chi connectivity index (χ3v) is 3.32. The number of hydrogen-bond donors (Lipinski definition) is 1. The Morgan fingerprint density at radius 2 is 1.95 bits per heavy atom. The van der Waals surface area contributed by atoms with Crippen LogP contribution < -0.4 is 10.5 Å². The van der Waals surface area contributed by atoms with E-state index >= 15 is 0 Å². The molecule has 0 spiro atoms. The van der Waals surface area contributed by atoms with Crippen LogP contribution in [0.2, 0.25) is 0 Å².